The second-order valence-electron chi connectivity index (χ2n) is 7.09. The molecule has 5 nitrogen and oxygen atoms in total. The number of nitrogens with zero attached hydrogens (tertiary/aromatic N) is 2. The van der Waals surface area contributed by atoms with E-state index in [9.17, 15) is 4.79 Å². The predicted molar refractivity (Wildman–Crippen MR) is 111 cm³/mol. The van der Waals surface area contributed by atoms with Crippen molar-refractivity contribution in [1.82, 2.24) is 9.80 Å². The summed E-state index contributed by atoms with van der Waals surface area (Å²) in [6, 6.07) is 18.0. The summed E-state index contributed by atoms with van der Waals surface area (Å²) < 4.78 is 10.9. The molecule has 1 fully saturated rings. The smallest absolute Gasteiger partial charge is 0.222 e. The second-order valence-corrected chi connectivity index (χ2v) is 7.09. The van der Waals surface area contributed by atoms with Crippen LogP contribution in [0.3, 0.4) is 0 Å². The van der Waals surface area contributed by atoms with Gasteiger partial charge < -0.3 is 14.4 Å². The molecule has 1 saturated heterocycles. The zero-order chi connectivity index (χ0) is 19.6. The van der Waals surface area contributed by atoms with E-state index in [0.717, 1.165) is 57.1 Å². The van der Waals surface area contributed by atoms with E-state index in [-0.39, 0.29) is 5.91 Å². The molecule has 1 aliphatic heterocycles. The van der Waals surface area contributed by atoms with Crippen molar-refractivity contribution in [2.24, 2.45) is 0 Å². The Morgan fingerprint density at radius 3 is 2.46 bits per heavy atom. The molecule has 28 heavy (non-hydrogen) atoms. The lowest BCUT2D eigenvalue weighted by atomic mass is 10.1. The number of carbonyl (C=O) groups is 1. The van der Waals surface area contributed by atoms with Crippen LogP contribution in [0.5, 0.6) is 11.5 Å². The summed E-state index contributed by atoms with van der Waals surface area (Å²) in [6.07, 6.45) is 2.31. The van der Waals surface area contributed by atoms with E-state index in [1.54, 1.807) is 7.11 Å². The Morgan fingerprint density at radius 2 is 1.71 bits per heavy atom. The van der Waals surface area contributed by atoms with Crippen molar-refractivity contribution in [2.75, 3.05) is 46.4 Å². The van der Waals surface area contributed by atoms with Gasteiger partial charge in [0.15, 0.2) is 0 Å². The Hall–Kier alpha value is -2.53. The highest BCUT2D eigenvalue weighted by Crippen LogP contribution is 2.14. The van der Waals surface area contributed by atoms with Gasteiger partial charge in [-0.05, 0) is 42.7 Å². The summed E-state index contributed by atoms with van der Waals surface area (Å²) in [6.45, 7) is 5.11. The van der Waals surface area contributed by atoms with Gasteiger partial charge >= 0.3 is 0 Å². The standard InChI is InChI=1S/C23H30N2O3/c1-27-22-10-5-7-20(19-22)12-13-24-14-16-25(17-15-24)23(26)11-6-18-28-21-8-3-2-4-9-21/h2-5,7-10,19H,6,11-18H2,1H3. The summed E-state index contributed by atoms with van der Waals surface area (Å²) in [5, 5.41) is 0. The Morgan fingerprint density at radius 1 is 0.964 bits per heavy atom. The molecular weight excluding hydrogens is 352 g/mol. The molecule has 0 radical (unpaired) electrons. The molecule has 0 atom stereocenters. The first-order valence-corrected chi connectivity index (χ1v) is 10.1. The van der Waals surface area contributed by atoms with Gasteiger partial charge in [-0.3, -0.25) is 9.69 Å². The van der Waals surface area contributed by atoms with Crippen LogP contribution < -0.4 is 9.47 Å². The fraction of sp³-hybridized carbons (Fsp3) is 0.435. The number of ether oxygens (including phenoxy) is 2. The molecule has 0 aromatic heterocycles. The Balaban J connectivity index is 1.31. The molecule has 0 bridgehead atoms. The molecule has 0 spiro atoms. The molecule has 0 saturated carbocycles. The first-order valence-electron chi connectivity index (χ1n) is 10.1. The number of methoxy groups -OCH3 is 1. The Labute approximate surface area is 167 Å². The largest absolute Gasteiger partial charge is 0.497 e. The van der Waals surface area contributed by atoms with Crippen LogP contribution >= 0.6 is 0 Å². The summed E-state index contributed by atoms with van der Waals surface area (Å²) in [7, 11) is 1.70. The lowest BCUT2D eigenvalue weighted by Crippen LogP contribution is -2.49. The molecule has 2 aromatic carbocycles. The van der Waals surface area contributed by atoms with Gasteiger partial charge in [0.1, 0.15) is 11.5 Å². The van der Waals surface area contributed by atoms with E-state index in [1.807, 2.05) is 47.4 Å². The first-order chi connectivity index (χ1) is 13.7. The number of hydrogen-bond acceptors (Lipinski definition) is 4. The third-order valence-corrected chi connectivity index (χ3v) is 5.12. The van der Waals surface area contributed by atoms with Crippen molar-refractivity contribution in [3.05, 3.63) is 60.2 Å². The number of rotatable bonds is 9. The minimum atomic E-state index is 0.240. The third kappa shape index (κ3) is 6.27. The van der Waals surface area contributed by atoms with E-state index in [1.165, 1.54) is 5.56 Å². The van der Waals surface area contributed by atoms with Crippen LogP contribution in [-0.4, -0.2) is 62.1 Å². The monoisotopic (exact) mass is 382 g/mol. The van der Waals surface area contributed by atoms with Crippen molar-refractivity contribution >= 4 is 5.91 Å². The number of hydrogen-bond donors (Lipinski definition) is 0. The SMILES string of the molecule is COc1cccc(CCN2CCN(C(=O)CCCOc3ccccc3)CC2)c1. The molecule has 0 N–H and O–H groups in total. The molecule has 0 unspecified atom stereocenters. The summed E-state index contributed by atoms with van der Waals surface area (Å²) in [5.41, 5.74) is 1.29. The topological polar surface area (TPSA) is 42.0 Å². The van der Waals surface area contributed by atoms with Crippen molar-refractivity contribution in [2.45, 2.75) is 19.3 Å². The minimum absolute atomic E-state index is 0.240. The lowest BCUT2D eigenvalue weighted by molar-refractivity contribution is -0.133. The number of carbonyl (C=O) groups excluding carboxylic acids is 1. The molecule has 1 aliphatic rings. The van der Waals surface area contributed by atoms with Crippen LogP contribution in [0.1, 0.15) is 18.4 Å². The van der Waals surface area contributed by atoms with Crippen molar-refractivity contribution < 1.29 is 14.3 Å². The van der Waals surface area contributed by atoms with Crippen molar-refractivity contribution in [1.29, 1.82) is 0 Å². The summed E-state index contributed by atoms with van der Waals surface area (Å²) >= 11 is 0. The number of amides is 1. The van der Waals surface area contributed by atoms with Gasteiger partial charge in [-0.1, -0.05) is 30.3 Å². The predicted octanol–water partition coefficient (Wildman–Crippen LogP) is 3.24. The summed E-state index contributed by atoms with van der Waals surface area (Å²) in [5.74, 6) is 2.01. The third-order valence-electron chi connectivity index (χ3n) is 5.12. The number of piperazine rings is 1. The highest BCUT2D eigenvalue weighted by atomic mass is 16.5. The maximum Gasteiger partial charge on any atom is 0.222 e. The minimum Gasteiger partial charge on any atom is -0.497 e. The van der Waals surface area contributed by atoms with Gasteiger partial charge in [-0.2, -0.15) is 0 Å². The van der Waals surface area contributed by atoms with Crippen molar-refractivity contribution in [3.8, 4) is 11.5 Å². The molecule has 150 valence electrons. The lowest BCUT2D eigenvalue weighted by Gasteiger charge is -2.34. The van der Waals surface area contributed by atoms with Gasteiger partial charge in [0.05, 0.1) is 13.7 Å². The second kappa shape index (κ2) is 10.7. The van der Waals surface area contributed by atoms with Gasteiger partial charge in [-0.15, -0.1) is 0 Å². The van der Waals surface area contributed by atoms with E-state index in [0.29, 0.717) is 13.0 Å². The maximum absolute atomic E-state index is 12.4. The first kappa shape index (κ1) is 20.2. The van der Waals surface area contributed by atoms with Gasteiger partial charge in [0, 0.05) is 39.1 Å². The fourth-order valence-corrected chi connectivity index (χ4v) is 3.42. The van der Waals surface area contributed by atoms with Gasteiger partial charge in [0.25, 0.3) is 0 Å². The molecule has 3 rings (SSSR count). The molecular formula is C23H30N2O3. The molecule has 1 amide bonds. The molecule has 2 aromatic rings. The number of benzene rings is 2. The average Bonchev–Trinajstić information content (AvgIpc) is 2.76. The molecule has 0 aliphatic carbocycles. The van der Waals surface area contributed by atoms with E-state index in [2.05, 4.69) is 17.0 Å². The van der Waals surface area contributed by atoms with E-state index < -0.39 is 0 Å². The fourth-order valence-electron chi connectivity index (χ4n) is 3.42. The van der Waals surface area contributed by atoms with Gasteiger partial charge in [-0.25, -0.2) is 0 Å². The van der Waals surface area contributed by atoms with Crippen LogP contribution in [0.25, 0.3) is 0 Å². The highest BCUT2D eigenvalue weighted by molar-refractivity contribution is 5.76. The maximum atomic E-state index is 12.4. The van der Waals surface area contributed by atoms with Crippen LogP contribution in [0.4, 0.5) is 0 Å². The van der Waals surface area contributed by atoms with Crippen LogP contribution in [0, 0.1) is 0 Å². The summed E-state index contributed by atoms with van der Waals surface area (Å²) in [4.78, 5) is 16.8. The normalized spacial score (nSPS) is 14.7. The quantitative estimate of drug-likeness (QED) is 0.625. The molecule has 1 heterocycles. The average molecular weight is 383 g/mol. The van der Waals surface area contributed by atoms with Crippen LogP contribution in [0.2, 0.25) is 0 Å². The van der Waals surface area contributed by atoms with E-state index in [4.69, 9.17) is 9.47 Å². The Kier molecular flexibility index (Phi) is 7.73. The zero-order valence-electron chi connectivity index (χ0n) is 16.7. The highest BCUT2D eigenvalue weighted by Gasteiger charge is 2.20. The van der Waals surface area contributed by atoms with Crippen LogP contribution in [-0.2, 0) is 11.2 Å². The van der Waals surface area contributed by atoms with Gasteiger partial charge in [0.2, 0.25) is 5.91 Å². The van der Waals surface area contributed by atoms with Crippen LogP contribution in [0.15, 0.2) is 54.6 Å². The molecule has 5 heteroatoms. The number of para-hydroxylation sites is 1. The zero-order valence-corrected chi connectivity index (χ0v) is 16.7. The Bertz CT molecular complexity index is 728. The van der Waals surface area contributed by atoms with E-state index >= 15 is 0 Å². The van der Waals surface area contributed by atoms with Crippen molar-refractivity contribution in [3.63, 3.8) is 0 Å².